The summed E-state index contributed by atoms with van der Waals surface area (Å²) in [5, 5.41) is 10.5. The van der Waals surface area contributed by atoms with Crippen LogP contribution >= 0.6 is 0 Å². The van der Waals surface area contributed by atoms with E-state index in [0.717, 1.165) is 13.0 Å². The molecule has 36 heavy (non-hydrogen) atoms. The van der Waals surface area contributed by atoms with Gasteiger partial charge in [0.25, 0.3) is 0 Å². The maximum Gasteiger partial charge on any atom is 0.150 e. The van der Waals surface area contributed by atoms with Crippen LogP contribution in [0.15, 0.2) is 0 Å². The van der Waals surface area contributed by atoms with Crippen molar-refractivity contribution in [1.82, 2.24) is 4.90 Å². The van der Waals surface area contributed by atoms with Crippen LogP contribution in [0, 0.1) is 0 Å². The second-order valence-corrected chi connectivity index (χ2v) is 16.3. The highest BCUT2D eigenvalue weighted by molar-refractivity contribution is 7.91. The lowest BCUT2D eigenvalue weighted by Crippen LogP contribution is -2.48. The molecule has 0 fully saturated rings. The van der Waals surface area contributed by atoms with Gasteiger partial charge in [0.15, 0.2) is 0 Å². The van der Waals surface area contributed by atoms with Gasteiger partial charge in [0.2, 0.25) is 0 Å². The Morgan fingerprint density at radius 1 is 0.778 bits per heavy atom. The maximum absolute atomic E-state index is 13.3. The fourth-order valence-electron chi connectivity index (χ4n) is 3.04. The van der Waals surface area contributed by atoms with Gasteiger partial charge in [-0.3, -0.25) is 0 Å². The highest BCUT2D eigenvalue weighted by atomic mass is 32.2. The zero-order valence-electron chi connectivity index (χ0n) is 23.6. The summed E-state index contributed by atoms with van der Waals surface area (Å²) in [6.45, 7) is 6.92. The van der Waals surface area contributed by atoms with Crippen molar-refractivity contribution in [1.29, 1.82) is 0 Å². The van der Waals surface area contributed by atoms with Crippen LogP contribution in [-0.2, 0) is 24.5 Å². The number of carboxylic acids is 1. The second kappa shape index (κ2) is 16.2. The minimum absolute atomic E-state index is 0.00156. The Balaban J connectivity index is 0. The van der Waals surface area contributed by atoms with Crippen molar-refractivity contribution < 1.29 is 40.0 Å². The van der Waals surface area contributed by atoms with Crippen molar-refractivity contribution >= 4 is 25.6 Å². The predicted molar refractivity (Wildman–Crippen MR) is 141 cm³/mol. The monoisotopic (exact) mass is 564 g/mol. The average molecular weight is 565 g/mol. The number of quaternary nitrogens is 1. The van der Waals surface area contributed by atoms with Gasteiger partial charge in [0.1, 0.15) is 37.6 Å². The molecule has 8 nitrogen and oxygen atoms in total. The zero-order valence-corrected chi connectivity index (χ0v) is 25.2. The third-order valence-corrected chi connectivity index (χ3v) is 8.83. The fraction of sp³-hybridized carbons (Fsp3) is 0.958. The molecule has 0 heterocycles. The van der Waals surface area contributed by atoms with E-state index in [-0.39, 0.29) is 46.9 Å². The average Bonchev–Trinajstić information content (AvgIpc) is 2.64. The lowest BCUT2D eigenvalue weighted by molar-refractivity contribution is -0.885. The van der Waals surface area contributed by atoms with Gasteiger partial charge in [-0.2, -0.15) is 0 Å². The summed E-state index contributed by atoms with van der Waals surface area (Å²) in [5.74, 6) is -1.11. The van der Waals surface area contributed by atoms with Crippen molar-refractivity contribution in [2.45, 2.75) is 77.6 Å². The third kappa shape index (κ3) is 27.7. The number of carbonyl (C=O) groups is 1. The molecule has 0 aromatic heterocycles. The number of hydrogen-bond acceptors (Lipinski definition) is 7. The van der Waals surface area contributed by atoms with Gasteiger partial charge in [-0.25, -0.2) is 25.6 Å². The predicted octanol–water partition coefficient (Wildman–Crippen LogP) is 2.03. The molecular weight excluding hydrogens is 514 g/mol. The quantitative estimate of drug-likeness (QED) is 0.185. The van der Waals surface area contributed by atoms with Crippen LogP contribution in [0.1, 0.15) is 66.2 Å². The largest absolute Gasteiger partial charge is 0.544 e. The highest BCUT2D eigenvalue weighted by Gasteiger charge is 2.22. The number of alkyl halides is 2. The molecule has 0 atom stereocenters. The summed E-state index contributed by atoms with van der Waals surface area (Å²) in [4.78, 5) is 12.6. The Kier molecular flexibility index (Phi) is 16.8. The number of halogens is 2. The Morgan fingerprint density at radius 2 is 1.17 bits per heavy atom. The number of unbranched alkanes of at least 4 members (excludes halogenated alkanes) is 2. The van der Waals surface area contributed by atoms with Crippen molar-refractivity contribution in [3.8, 4) is 0 Å². The Morgan fingerprint density at radius 3 is 1.50 bits per heavy atom. The van der Waals surface area contributed by atoms with E-state index in [0.29, 0.717) is 25.8 Å². The van der Waals surface area contributed by atoms with E-state index >= 15 is 0 Å². The Bertz CT molecular complexity index is 832. The minimum Gasteiger partial charge on any atom is -0.544 e. The first-order valence-electron chi connectivity index (χ1n) is 12.4. The van der Waals surface area contributed by atoms with E-state index in [4.69, 9.17) is 0 Å². The molecule has 0 bridgehead atoms. The standard InChI is InChI=1S/C13H26FNO4S.C11H24FNO2S/c1-13(2,14)7-10-20(18,19)9-6-5-8-15(3,4)11-12(16)17;1-11(2,12)7-10-16(14,15)9-6-5-8-13(3)4/h5-11H2,1-4H3;5-10H2,1-4H3. The number of nitrogens with zero attached hydrogens (tertiary/aromatic N) is 2. The van der Waals surface area contributed by atoms with Gasteiger partial charge in [0.05, 0.1) is 49.6 Å². The summed E-state index contributed by atoms with van der Waals surface area (Å²) in [6.07, 6.45) is 2.69. The second-order valence-electron chi connectivity index (χ2n) is 11.6. The molecule has 0 radical (unpaired) electrons. The van der Waals surface area contributed by atoms with E-state index < -0.39 is 37.0 Å². The molecule has 0 saturated heterocycles. The van der Waals surface area contributed by atoms with Gasteiger partial charge >= 0.3 is 0 Å². The number of carbonyl (C=O) groups excluding carboxylic acids is 1. The van der Waals surface area contributed by atoms with Crippen LogP contribution in [-0.4, -0.2) is 114 Å². The number of carboxylic acid groups (broad SMARTS) is 1. The molecule has 0 amide bonds. The molecule has 0 N–H and O–H groups in total. The van der Waals surface area contributed by atoms with Crippen molar-refractivity contribution in [2.75, 3.05) is 70.8 Å². The Hall–Kier alpha value is -0.850. The molecule has 0 aliphatic rings. The first-order valence-corrected chi connectivity index (χ1v) is 16.0. The number of hydrogen-bond donors (Lipinski definition) is 0. The molecule has 218 valence electrons. The molecular formula is C24H50F2N2O6S2. The van der Waals surface area contributed by atoms with Crippen LogP contribution in [0.25, 0.3) is 0 Å². The summed E-state index contributed by atoms with van der Waals surface area (Å²) in [7, 11) is 1.13. The number of aliphatic carboxylic acids is 1. The summed E-state index contributed by atoms with van der Waals surface area (Å²) in [5.41, 5.74) is -2.86. The van der Waals surface area contributed by atoms with Crippen molar-refractivity contribution in [2.24, 2.45) is 0 Å². The number of likely N-dealkylation sites (N-methyl/N-ethyl adjacent to an activating group) is 1. The molecule has 0 aromatic rings. The topological polar surface area (TPSA) is 112 Å². The van der Waals surface area contributed by atoms with Crippen LogP contribution in [0.4, 0.5) is 8.78 Å². The van der Waals surface area contributed by atoms with Gasteiger partial charge in [-0.1, -0.05) is 0 Å². The van der Waals surface area contributed by atoms with Gasteiger partial charge < -0.3 is 19.3 Å². The highest BCUT2D eigenvalue weighted by Crippen LogP contribution is 2.16. The Labute approximate surface area is 218 Å². The van der Waals surface area contributed by atoms with Crippen molar-refractivity contribution in [3.63, 3.8) is 0 Å². The molecule has 0 spiro atoms. The number of rotatable bonds is 18. The molecule has 0 unspecified atom stereocenters. The molecule has 0 aliphatic carbocycles. The third-order valence-electron chi connectivity index (χ3n) is 5.35. The molecule has 0 rings (SSSR count). The van der Waals surface area contributed by atoms with Crippen LogP contribution in [0.3, 0.4) is 0 Å². The van der Waals surface area contributed by atoms with E-state index in [1.165, 1.54) is 27.7 Å². The lowest BCUT2D eigenvalue weighted by atomic mass is 10.1. The van der Waals surface area contributed by atoms with E-state index in [1.807, 2.05) is 19.0 Å². The van der Waals surface area contributed by atoms with Gasteiger partial charge in [0, 0.05) is 0 Å². The van der Waals surface area contributed by atoms with Crippen LogP contribution in [0.2, 0.25) is 0 Å². The summed E-state index contributed by atoms with van der Waals surface area (Å²) < 4.78 is 73.2. The minimum atomic E-state index is -3.23. The van der Waals surface area contributed by atoms with Crippen LogP contribution in [0.5, 0.6) is 0 Å². The molecule has 0 aliphatic heterocycles. The SMILES string of the molecule is CC(C)(F)CCS(=O)(=O)CCCC[N+](C)(C)CC(=O)[O-].CN(C)CCCCS(=O)(=O)CCC(C)(C)F. The smallest absolute Gasteiger partial charge is 0.150 e. The summed E-state index contributed by atoms with van der Waals surface area (Å²) >= 11 is 0. The van der Waals surface area contributed by atoms with Crippen LogP contribution < -0.4 is 5.11 Å². The maximum atomic E-state index is 13.3. The normalized spacial score (nSPS) is 13.4. The zero-order chi connectivity index (χ0) is 28.8. The van der Waals surface area contributed by atoms with E-state index in [9.17, 15) is 35.5 Å². The van der Waals surface area contributed by atoms with E-state index in [2.05, 4.69) is 0 Å². The summed E-state index contributed by atoms with van der Waals surface area (Å²) in [6, 6.07) is 0. The lowest BCUT2D eigenvalue weighted by Gasteiger charge is -2.30. The first-order chi connectivity index (χ1) is 16.0. The van der Waals surface area contributed by atoms with Crippen molar-refractivity contribution in [3.05, 3.63) is 0 Å². The molecule has 0 saturated carbocycles. The molecule has 12 heteroatoms. The number of sulfone groups is 2. The van der Waals surface area contributed by atoms with Gasteiger partial charge in [-0.15, -0.1) is 0 Å². The fourth-order valence-corrected chi connectivity index (χ4v) is 6.33. The first kappa shape index (κ1) is 37.3. The van der Waals surface area contributed by atoms with E-state index in [1.54, 1.807) is 14.1 Å². The molecule has 0 aromatic carbocycles. The van der Waals surface area contributed by atoms with Gasteiger partial charge in [-0.05, 0) is 86.9 Å².